The molecule has 1 aromatic rings. The molecule has 1 saturated carbocycles. The Hall–Kier alpha value is -0.390. The second-order valence-electron chi connectivity index (χ2n) is 6.04. The van der Waals surface area contributed by atoms with Crippen molar-refractivity contribution in [2.45, 2.75) is 64.9 Å². The van der Waals surface area contributed by atoms with Crippen molar-refractivity contribution in [1.82, 2.24) is 0 Å². The van der Waals surface area contributed by atoms with Gasteiger partial charge in [-0.2, -0.15) is 0 Å². The van der Waals surface area contributed by atoms with Crippen molar-refractivity contribution in [3.05, 3.63) is 30.3 Å². The van der Waals surface area contributed by atoms with E-state index in [1.165, 1.54) is 62.6 Å². The second-order valence-corrected chi connectivity index (χ2v) is 9.44. The minimum atomic E-state index is -1.40. The van der Waals surface area contributed by atoms with Gasteiger partial charge in [0.25, 0.3) is 0 Å². The third-order valence-electron chi connectivity index (χ3n) is 4.38. The SMILES string of the molecule is CCCC[P+](CCCC)(OC1CCC1)c1ccccc1. The monoisotopic (exact) mass is 293 g/mol. The van der Waals surface area contributed by atoms with E-state index in [0.29, 0.717) is 6.10 Å². The summed E-state index contributed by atoms with van der Waals surface area (Å²) >= 11 is 0. The fraction of sp³-hybridized carbons (Fsp3) is 0.667. The second kappa shape index (κ2) is 8.15. The maximum absolute atomic E-state index is 6.78. The standard InChI is InChI=1S/C18H30OP/c1-3-5-15-20(16-6-4-2,19-17-11-10-12-17)18-13-8-7-9-14-18/h7-9,13-14,17H,3-6,10-12,15-16H2,1-2H3/q+1. The van der Waals surface area contributed by atoms with E-state index in [-0.39, 0.29) is 0 Å². The molecule has 0 aliphatic heterocycles. The van der Waals surface area contributed by atoms with Crippen LogP contribution in [0.3, 0.4) is 0 Å². The molecule has 0 saturated heterocycles. The normalized spacial score (nSPS) is 16.1. The molecule has 0 N–H and O–H groups in total. The van der Waals surface area contributed by atoms with Crippen LogP contribution in [-0.2, 0) is 4.52 Å². The van der Waals surface area contributed by atoms with Gasteiger partial charge in [-0.05, 0) is 44.2 Å². The van der Waals surface area contributed by atoms with Gasteiger partial charge in [0.15, 0.2) is 7.49 Å². The van der Waals surface area contributed by atoms with E-state index < -0.39 is 7.49 Å². The quantitative estimate of drug-likeness (QED) is 0.553. The van der Waals surface area contributed by atoms with Crippen LogP contribution in [0.15, 0.2) is 30.3 Å². The fourth-order valence-corrected chi connectivity index (χ4v) is 7.05. The first-order valence-corrected chi connectivity index (χ1v) is 10.5. The van der Waals surface area contributed by atoms with E-state index in [2.05, 4.69) is 44.2 Å². The number of unbranched alkanes of at least 4 members (excludes halogenated alkanes) is 2. The lowest BCUT2D eigenvalue weighted by Crippen LogP contribution is -2.29. The summed E-state index contributed by atoms with van der Waals surface area (Å²) in [6, 6.07) is 11.1. The first-order valence-electron chi connectivity index (χ1n) is 8.42. The summed E-state index contributed by atoms with van der Waals surface area (Å²) in [5.41, 5.74) is 0. The Labute approximate surface area is 125 Å². The van der Waals surface area contributed by atoms with Crippen LogP contribution in [-0.4, -0.2) is 18.4 Å². The van der Waals surface area contributed by atoms with E-state index in [9.17, 15) is 0 Å². The Morgan fingerprint density at radius 1 is 1.00 bits per heavy atom. The summed E-state index contributed by atoms with van der Waals surface area (Å²) in [5, 5.41) is 1.51. The first-order chi connectivity index (χ1) is 9.80. The number of rotatable bonds is 9. The largest absolute Gasteiger partial charge is 0.230 e. The molecule has 112 valence electrons. The third kappa shape index (κ3) is 4.06. The van der Waals surface area contributed by atoms with Gasteiger partial charge in [0, 0.05) is 0 Å². The summed E-state index contributed by atoms with van der Waals surface area (Å²) < 4.78 is 6.78. The van der Waals surface area contributed by atoms with Gasteiger partial charge in [-0.25, -0.2) is 4.52 Å². The predicted octanol–water partition coefficient (Wildman–Crippen LogP) is 5.41. The molecule has 0 heterocycles. The molecule has 1 nitrogen and oxygen atoms in total. The Bertz CT molecular complexity index is 364. The highest BCUT2D eigenvalue weighted by molar-refractivity contribution is 7.78. The number of hydrogen-bond acceptors (Lipinski definition) is 1. The van der Waals surface area contributed by atoms with Crippen molar-refractivity contribution in [3.63, 3.8) is 0 Å². The predicted molar refractivity (Wildman–Crippen MR) is 91.3 cm³/mol. The molecule has 1 aliphatic rings. The molecule has 1 aliphatic carbocycles. The summed E-state index contributed by atoms with van der Waals surface area (Å²) in [5.74, 6) is 0. The molecule has 20 heavy (non-hydrogen) atoms. The maximum atomic E-state index is 6.78. The summed E-state index contributed by atoms with van der Waals surface area (Å²) in [6.07, 6.45) is 12.2. The van der Waals surface area contributed by atoms with Crippen molar-refractivity contribution in [1.29, 1.82) is 0 Å². The average molecular weight is 293 g/mol. The number of hydrogen-bond donors (Lipinski definition) is 0. The first kappa shape index (κ1) is 16.0. The molecule has 0 bridgehead atoms. The van der Waals surface area contributed by atoms with Gasteiger partial charge in [-0.1, -0.05) is 44.9 Å². The highest BCUT2D eigenvalue weighted by atomic mass is 31.2. The van der Waals surface area contributed by atoms with Gasteiger partial charge in [0.1, 0.15) is 11.4 Å². The van der Waals surface area contributed by atoms with E-state index in [4.69, 9.17) is 4.52 Å². The lowest BCUT2D eigenvalue weighted by Gasteiger charge is -2.33. The highest BCUT2D eigenvalue weighted by Gasteiger charge is 2.44. The summed E-state index contributed by atoms with van der Waals surface area (Å²) in [6.45, 7) is 4.59. The molecule has 0 atom stereocenters. The van der Waals surface area contributed by atoms with Crippen LogP contribution in [0, 0.1) is 0 Å². The maximum Gasteiger partial charge on any atom is 0.178 e. The van der Waals surface area contributed by atoms with E-state index >= 15 is 0 Å². The fourth-order valence-electron chi connectivity index (χ4n) is 2.82. The van der Waals surface area contributed by atoms with Crippen LogP contribution in [0.4, 0.5) is 0 Å². The summed E-state index contributed by atoms with van der Waals surface area (Å²) in [7, 11) is -1.40. The van der Waals surface area contributed by atoms with E-state index in [1.807, 2.05) is 0 Å². The molecule has 0 spiro atoms. The summed E-state index contributed by atoms with van der Waals surface area (Å²) in [4.78, 5) is 0. The molecule has 2 rings (SSSR count). The zero-order valence-electron chi connectivity index (χ0n) is 13.2. The zero-order valence-corrected chi connectivity index (χ0v) is 14.1. The van der Waals surface area contributed by atoms with Crippen LogP contribution in [0.5, 0.6) is 0 Å². The Balaban J connectivity index is 2.20. The Morgan fingerprint density at radius 3 is 2.05 bits per heavy atom. The van der Waals surface area contributed by atoms with E-state index in [1.54, 1.807) is 0 Å². The Kier molecular flexibility index (Phi) is 6.52. The zero-order chi connectivity index (χ0) is 14.3. The van der Waals surface area contributed by atoms with Gasteiger partial charge in [-0.3, -0.25) is 0 Å². The van der Waals surface area contributed by atoms with Crippen molar-refractivity contribution in [3.8, 4) is 0 Å². The molecule has 0 unspecified atom stereocenters. The van der Waals surface area contributed by atoms with Crippen molar-refractivity contribution in [2.24, 2.45) is 0 Å². The molecule has 0 aromatic heterocycles. The molecule has 0 amide bonds. The molecular formula is C18H30OP+. The van der Waals surface area contributed by atoms with Crippen LogP contribution in [0.2, 0.25) is 0 Å². The molecular weight excluding hydrogens is 263 g/mol. The van der Waals surface area contributed by atoms with Gasteiger partial charge in [0.05, 0.1) is 12.3 Å². The van der Waals surface area contributed by atoms with E-state index in [0.717, 1.165) is 0 Å². The minimum absolute atomic E-state index is 0.553. The lowest BCUT2D eigenvalue weighted by atomic mass is 9.97. The van der Waals surface area contributed by atoms with Crippen LogP contribution < -0.4 is 5.30 Å². The minimum Gasteiger partial charge on any atom is -0.230 e. The smallest absolute Gasteiger partial charge is 0.178 e. The van der Waals surface area contributed by atoms with Crippen LogP contribution in [0.1, 0.15) is 58.8 Å². The molecule has 2 heteroatoms. The average Bonchev–Trinajstić information content (AvgIpc) is 2.46. The van der Waals surface area contributed by atoms with Gasteiger partial charge < -0.3 is 0 Å². The topological polar surface area (TPSA) is 9.23 Å². The van der Waals surface area contributed by atoms with Gasteiger partial charge in [0.2, 0.25) is 0 Å². The van der Waals surface area contributed by atoms with Crippen molar-refractivity contribution < 1.29 is 4.52 Å². The lowest BCUT2D eigenvalue weighted by molar-refractivity contribution is 0.132. The highest BCUT2D eigenvalue weighted by Crippen LogP contribution is 2.62. The van der Waals surface area contributed by atoms with Gasteiger partial charge >= 0.3 is 0 Å². The molecule has 1 aromatic carbocycles. The third-order valence-corrected chi connectivity index (χ3v) is 8.39. The van der Waals surface area contributed by atoms with Crippen LogP contribution >= 0.6 is 7.49 Å². The van der Waals surface area contributed by atoms with Crippen molar-refractivity contribution >= 4 is 12.8 Å². The molecule has 1 fully saturated rings. The Morgan fingerprint density at radius 2 is 1.60 bits per heavy atom. The van der Waals surface area contributed by atoms with Crippen molar-refractivity contribution in [2.75, 3.05) is 12.3 Å². The molecule has 0 radical (unpaired) electrons. The van der Waals surface area contributed by atoms with Gasteiger partial charge in [-0.15, -0.1) is 0 Å². The van der Waals surface area contributed by atoms with Crippen LogP contribution in [0.25, 0.3) is 0 Å². The number of benzene rings is 1.